The number of nitrogens with zero attached hydrogens (tertiary/aromatic N) is 1. The van der Waals surface area contributed by atoms with E-state index in [-0.39, 0.29) is 11.0 Å². The second-order valence-electron chi connectivity index (χ2n) is 6.94. The number of amides is 1. The minimum atomic E-state index is -0.906. The number of rotatable bonds is 3. The van der Waals surface area contributed by atoms with Gasteiger partial charge in [-0.25, -0.2) is 13.8 Å². The van der Waals surface area contributed by atoms with Crippen LogP contribution in [-0.2, 0) is 5.41 Å². The van der Waals surface area contributed by atoms with Crippen LogP contribution in [0.1, 0.15) is 36.7 Å². The summed E-state index contributed by atoms with van der Waals surface area (Å²) in [6.07, 6.45) is 0. The van der Waals surface area contributed by atoms with Gasteiger partial charge in [0.05, 0.1) is 11.3 Å². The first-order chi connectivity index (χ1) is 12.2. The second kappa shape index (κ2) is 6.96. The minimum Gasteiger partial charge on any atom is -0.298 e. The van der Waals surface area contributed by atoms with E-state index in [1.807, 2.05) is 17.5 Å². The summed E-state index contributed by atoms with van der Waals surface area (Å²) < 4.78 is 26.6. The van der Waals surface area contributed by atoms with Crippen LogP contribution >= 0.6 is 11.3 Å². The molecule has 1 aromatic heterocycles. The Morgan fingerprint density at radius 3 is 2.38 bits per heavy atom. The Morgan fingerprint density at radius 2 is 1.77 bits per heavy atom. The van der Waals surface area contributed by atoms with Crippen molar-refractivity contribution in [1.82, 2.24) is 4.98 Å². The summed E-state index contributed by atoms with van der Waals surface area (Å²) in [6, 6.07) is 10.9. The van der Waals surface area contributed by atoms with E-state index in [1.165, 1.54) is 16.9 Å². The van der Waals surface area contributed by atoms with E-state index in [9.17, 15) is 13.6 Å². The molecule has 0 aliphatic heterocycles. The normalized spacial score (nSPS) is 11.4. The molecule has 0 fully saturated rings. The lowest BCUT2D eigenvalue weighted by Gasteiger charge is -2.18. The molecule has 0 atom stereocenters. The van der Waals surface area contributed by atoms with E-state index < -0.39 is 17.5 Å². The summed E-state index contributed by atoms with van der Waals surface area (Å²) >= 11 is 1.25. The van der Waals surface area contributed by atoms with Gasteiger partial charge in [0.1, 0.15) is 11.6 Å². The third-order valence-corrected chi connectivity index (χ3v) is 4.70. The van der Waals surface area contributed by atoms with Gasteiger partial charge in [-0.15, -0.1) is 11.3 Å². The van der Waals surface area contributed by atoms with Crippen LogP contribution in [0.4, 0.5) is 13.9 Å². The molecule has 26 heavy (non-hydrogen) atoms. The zero-order valence-electron chi connectivity index (χ0n) is 14.6. The predicted molar refractivity (Wildman–Crippen MR) is 101 cm³/mol. The van der Waals surface area contributed by atoms with E-state index in [0.29, 0.717) is 11.2 Å². The van der Waals surface area contributed by atoms with Crippen LogP contribution in [0.5, 0.6) is 0 Å². The molecule has 1 N–H and O–H groups in total. The van der Waals surface area contributed by atoms with E-state index in [2.05, 4.69) is 43.2 Å². The van der Waals surface area contributed by atoms with Gasteiger partial charge in [0.2, 0.25) is 0 Å². The molecule has 0 unspecified atom stereocenters. The number of nitrogens with one attached hydrogen (secondary N) is 1. The maximum absolute atomic E-state index is 13.7. The van der Waals surface area contributed by atoms with E-state index in [4.69, 9.17) is 0 Å². The highest BCUT2D eigenvalue weighted by Gasteiger charge is 2.16. The maximum Gasteiger partial charge on any atom is 0.260 e. The van der Waals surface area contributed by atoms with Crippen LogP contribution in [0, 0.1) is 11.6 Å². The first-order valence-electron chi connectivity index (χ1n) is 8.07. The van der Waals surface area contributed by atoms with Gasteiger partial charge in [-0.1, -0.05) is 45.0 Å². The average molecular weight is 372 g/mol. The van der Waals surface area contributed by atoms with Gasteiger partial charge in [0, 0.05) is 17.0 Å². The number of hydrogen-bond donors (Lipinski definition) is 1. The molecule has 0 aliphatic rings. The maximum atomic E-state index is 13.7. The monoisotopic (exact) mass is 372 g/mol. The summed E-state index contributed by atoms with van der Waals surface area (Å²) in [7, 11) is 0. The van der Waals surface area contributed by atoms with Crippen molar-refractivity contribution in [1.29, 1.82) is 0 Å². The van der Waals surface area contributed by atoms with Crippen molar-refractivity contribution in [2.24, 2.45) is 0 Å². The van der Waals surface area contributed by atoms with E-state index >= 15 is 0 Å². The molecule has 0 bridgehead atoms. The molecular weight excluding hydrogens is 354 g/mol. The largest absolute Gasteiger partial charge is 0.298 e. The molecule has 1 heterocycles. The SMILES string of the molecule is CC(C)(C)c1ccc(-c2csc(NC(=O)c3ccc(F)cc3F)n2)cc1. The highest BCUT2D eigenvalue weighted by molar-refractivity contribution is 7.14. The predicted octanol–water partition coefficient (Wildman–Crippen LogP) is 5.64. The molecule has 0 saturated heterocycles. The third-order valence-electron chi connectivity index (χ3n) is 3.95. The Kier molecular flexibility index (Phi) is 4.87. The van der Waals surface area contributed by atoms with E-state index in [1.54, 1.807) is 0 Å². The summed E-state index contributed by atoms with van der Waals surface area (Å²) in [5.41, 5.74) is 2.72. The van der Waals surface area contributed by atoms with Crippen molar-refractivity contribution in [3.05, 3.63) is 70.6 Å². The van der Waals surface area contributed by atoms with Crippen LogP contribution < -0.4 is 5.32 Å². The van der Waals surface area contributed by atoms with Crippen LogP contribution in [0.2, 0.25) is 0 Å². The Hall–Kier alpha value is -2.60. The summed E-state index contributed by atoms with van der Waals surface area (Å²) in [5, 5.41) is 4.73. The Morgan fingerprint density at radius 1 is 1.08 bits per heavy atom. The summed E-state index contributed by atoms with van der Waals surface area (Å²) in [5.74, 6) is -2.29. The molecule has 2 aromatic carbocycles. The quantitative estimate of drug-likeness (QED) is 0.647. The van der Waals surface area contributed by atoms with Gasteiger partial charge >= 0.3 is 0 Å². The second-order valence-corrected chi connectivity index (χ2v) is 7.80. The molecule has 0 aliphatic carbocycles. The van der Waals surface area contributed by atoms with Crippen LogP contribution in [0.15, 0.2) is 47.8 Å². The molecule has 1 amide bonds. The molecule has 134 valence electrons. The first-order valence-corrected chi connectivity index (χ1v) is 8.95. The van der Waals surface area contributed by atoms with Gasteiger partial charge < -0.3 is 0 Å². The Labute approximate surface area is 154 Å². The fourth-order valence-electron chi connectivity index (χ4n) is 2.44. The average Bonchev–Trinajstić information content (AvgIpc) is 3.02. The van der Waals surface area contributed by atoms with Crippen molar-refractivity contribution >= 4 is 22.4 Å². The van der Waals surface area contributed by atoms with Gasteiger partial charge in [-0.3, -0.25) is 10.1 Å². The number of aromatic nitrogens is 1. The fourth-order valence-corrected chi connectivity index (χ4v) is 3.16. The number of benzene rings is 2. The molecular formula is C20H18F2N2OS. The number of carbonyl (C=O) groups is 1. The highest BCUT2D eigenvalue weighted by atomic mass is 32.1. The van der Waals surface area contributed by atoms with Crippen molar-refractivity contribution in [2.75, 3.05) is 5.32 Å². The number of halogens is 2. The van der Waals surface area contributed by atoms with Crippen LogP contribution in [-0.4, -0.2) is 10.9 Å². The first kappa shape index (κ1) is 18.2. The van der Waals surface area contributed by atoms with Gasteiger partial charge in [0.25, 0.3) is 5.91 Å². The fraction of sp³-hybridized carbons (Fsp3) is 0.200. The lowest BCUT2D eigenvalue weighted by atomic mass is 9.86. The van der Waals surface area contributed by atoms with Crippen molar-refractivity contribution in [3.63, 3.8) is 0 Å². The lowest BCUT2D eigenvalue weighted by molar-refractivity contribution is 0.102. The molecule has 3 rings (SSSR count). The van der Waals surface area contributed by atoms with Crippen molar-refractivity contribution in [2.45, 2.75) is 26.2 Å². The molecule has 3 nitrogen and oxygen atoms in total. The van der Waals surface area contributed by atoms with Crippen molar-refractivity contribution in [3.8, 4) is 11.3 Å². The smallest absolute Gasteiger partial charge is 0.260 e. The lowest BCUT2D eigenvalue weighted by Crippen LogP contribution is -2.13. The van der Waals surface area contributed by atoms with Gasteiger partial charge in [-0.2, -0.15) is 0 Å². The van der Waals surface area contributed by atoms with E-state index in [0.717, 1.165) is 23.4 Å². The third kappa shape index (κ3) is 3.96. The number of hydrogen-bond acceptors (Lipinski definition) is 3. The molecule has 3 aromatic rings. The minimum absolute atomic E-state index is 0.0684. The summed E-state index contributed by atoms with van der Waals surface area (Å²) in [4.78, 5) is 16.5. The van der Waals surface area contributed by atoms with Crippen molar-refractivity contribution < 1.29 is 13.6 Å². The number of carbonyl (C=O) groups excluding carboxylic acids is 1. The zero-order valence-corrected chi connectivity index (χ0v) is 15.5. The van der Waals surface area contributed by atoms with Gasteiger partial charge in [0.15, 0.2) is 5.13 Å². The topological polar surface area (TPSA) is 42.0 Å². The number of anilines is 1. The Balaban J connectivity index is 1.76. The van der Waals surface area contributed by atoms with Crippen LogP contribution in [0.25, 0.3) is 11.3 Å². The molecule has 0 saturated carbocycles. The zero-order chi connectivity index (χ0) is 18.9. The van der Waals surface area contributed by atoms with Crippen LogP contribution in [0.3, 0.4) is 0 Å². The van der Waals surface area contributed by atoms with Gasteiger partial charge in [-0.05, 0) is 23.1 Å². The Bertz CT molecular complexity index is 943. The molecule has 6 heteroatoms. The molecule has 0 spiro atoms. The molecule has 0 radical (unpaired) electrons. The number of thiazole rings is 1. The standard InChI is InChI=1S/C20H18F2N2OS/c1-20(2,3)13-6-4-12(5-7-13)17-11-26-19(23-17)24-18(25)15-9-8-14(21)10-16(15)22/h4-11H,1-3H3,(H,23,24,25). The summed E-state index contributed by atoms with van der Waals surface area (Å²) in [6.45, 7) is 6.44. The highest BCUT2D eigenvalue weighted by Crippen LogP contribution is 2.28.